The number of nitrogens with zero attached hydrogens (tertiary/aromatic N) is 4. The van der Waals surface area contributed by atoms with Gasteiger partial charge in [0.1, 0.15) is 22.8 Å². The number of rotatable bonds is 6. The number of pyridine rings is 1. The Bertz CT molecular complexity index is 900. The third-order valence-corrected chi connectivity index (χ3v) is 6.02. The topological polar surface area (TPSA) is 114 Å². The molecule has 3 rings (SSSR count). The predicted octanol–water partition coefficient (Wildman–Crippen LogP) is 2.80. The molecule has 0 aliphatic carbocycles. The molecule has 3 heterocycles. The number of likely N-dealkylation sites (tertiary alicyclic amines) is 1. The molecular weight excluding hydrogens is 416 g/mol. The molecule has 0 spiro atoms. The second kappa shape index (κ2) is 10.5. The summed E-state index contributed by atoms with van der Waals surface area (Å²) >= 11 is 6.25. The van der Waals surface area contributed by atoms with E-state index in [9.17, 15) is 9.59 Å². The summed E-state index contributed by atoms with van der Waals surface area (Å²) < 4.78 is 0. The lowest BCUT2D eigenvalue weighted by Gasteiger charge is -2.25. The van der Waals surface area contributed by atoms with Crippen molar-refractivity contribution < 1.29 is 9.59 Å². The Morgan fingerprint density at radius 2 is 2.13 bits per heavy atom. The van der Waals surface area contributed by atoms with Crippen molar-refractivity contribution in [1.29, 1.82) is 0 Å². The number of nitrogen functional groups attached to an aromatic ring is 1. The highest BCUT2D eigenvalue weighted by Crippen LogP contribution is 2.27. The maximum atomic E-state index is 12.9. The highest BCUT2D eigenvalue weighted by Gasteiger charge is 2.26. The quantitative estimate of drug-likeness (QED) is 0.662. The standard InChI is InChI=1S/C22H29ClN6O2/c1-14(26-21(30)17-6-3-10-25-13-17)22(31)29-11-4-5-16(9-12-29)7-8-18-19(23)27-15(2)28-20(18)24/h3,6,10,13-14,16H,4-5,7-9,11-12H2,1-2H3,(H,26,30)(H2,24,27,28)/t14-,16+/m0/s1. The average Bonchev–Trinajstić information content (AvgIpc) is 2.98. The third-order valence-electron chi connectivity index (χ3n) is 5.70. The molecule has 2 aromatic heterocycles. The van der Waals surface area contributed by atoms with Crippen LogP contribution in [0.25, 0.3) is 0 Å². The second-order valence-electron chi connectivity index (χ2n) is 8.02. The van der Waals surface area contributed by atoms with E-state index >= 15 is 0 Å². The number of hydrogen-bond acceptors (Lipinski definition) is 6. The van der Waals surface area contributed by atoms with Gasteiger partial charge >= 0.3 is 0 Å². The Kier molecular flexibility index (Phi) is 7.79. The van der Waals surface area contributed by atoms with Gasteiger partial charge in [-0.05, 0) is 64.0 Å². The lowest BCUT2D eigenvalue weighted by Crippen LogP contribution is -2.47. The number of hydrogen-bond donors (Lipinski definition) is 2. The van der Waals surface area contributed by atoms with E-state index in [2.05, 4.69) is 20.3 Å². The predicted molar refractivity (Wildman–Crippen MR) is 120 cm³/mol. The molecular formula is C22H29ClN6O2. The van der Waals surface area contributed by atoms with Gasteiger partial charge in [-0.2, -0.15) is 0 Å². The van der Waals surface area contributed by atoms with Gasteiger partial charge in [0.25, 0.3) is 5.91 Å². The fourth-order valence-electron chi connectivity index (χ4n) is 3.95. The van der Waals surface area contributed by atoms with E-state index in [-0.39, 0.29) is 11.8 Å². The van der Waals surface area contributed by atoms with Crippen LogP contribution in [0.15, 0.2) is 24.5 Å². The highest BCUT2D eigenvalue weighted by molar-refractivity contribution is 6.30. The van der Waals surface area contributed by atoms with Gasteiger partial charge in [-0.25, -0.2) is 9.97 Å². The molecule has 166 valence electrons. The zero-order chi connectivity index (χ0) is 22.4. The fraction of sp³-hybridized carbons (Fsp3) is 0.500. The maximum absolute atomic E-state index is 12.9. The Morgan fingerprint density at radius 3 is 2.84 bits per heavy atom. The van der Waals surface area contributed by atoms with Crippen molar-refractivity contribution >= 4 is 29.2 Å². The summed E-state index contributed by atoms with van der Waals surface area (Å²) in [7, 11) is 0. The zero-order valence-corrected chi connectivity index (χ0v) is 18.7. The van der Waals surface area contributed by atoms with Crippen LogP contribution >= 0.6 is 11.6 Å². The number of aromatic nitrogens is 3. The molecule has 1 fully saturated rings. The largest absolute Gasteiger partial charge is 0.383 e. The molecule has 2 atom stereocenters. The molecule has 0 bridgehead atoms. The number of halogens is 1. The van der Waals surface area contributed by atoms with Gasteiger partial charge in [-0.15, -0.1) is 0 Å². The number of carbonyl (C=O) groups is 2. The van der Waals surface area contributed by atoms with Crippen LogP contribution < -0.4 is 11.1 Å². The summed E-state index contributed by atoms with van der Waals surface area (Å²) in [5.74, 6) is 1.13. The molecule has 8 nitrogen and oxygen atoms in total. The SMILES string of the molecule is Cc1nc(N)c(CC[C@H]2CCCN(C(=O)[C@H](C)NC(=O)c3cccnc3)CC2)c(Cl)n1. The van der Waals surface area contributed by atoms with Crippen molar-refractivity contribution in [1.82, 2.24) is 25.2 Å². The van der Waals surface area contributed by atoms with Gasteiger partial charge in [-0.3, -0.25) is 14.6 Å². The normalized spacial score (nSPS) is 17.6. The Hall–Kier alpha value is -2.74. The molecule has 9 heteroatoms. The summed E-state index contributed by atoms with van der Waals surface area (Å²) in [4.78, 5) is 39.4. The Labute approximate surface area is 187 Å². The second-order valence-corrected chi connectivity index (χ2v) is 8.38. The van der Waals surface area contributed by atoms with Gasteiger partial charge in [0.15, 0.2) is 0 Å². The average molecular weight is 445 g/mol. The van der Waals surface area contributed by atoms with Crippen LogP contribution in [0, 0.1) is 12.8 Å². The minimum atomic E-state index is -0.590. The van der Waals surface area contributed by atoms with Gasteiger partial charge in [-0.1, -0.05) is 11.6 Å². The Morgan fingerprint density at radius 1 is 1.32 bits per heavy atom. The molecule has 0 saturated carbocycles. The van der Waals surface area contributed by atoms with Gasteiger partial charge in [0.05, 0.1) is 5.56 Å². The molecule has 1 saturated heterocycles. The van der Waals surface area contributed by atoms with E-state index in [4.69, 9.17) is 17.3 Å². The first-order valence-electron chi connectivity index (χ1n) is 10.6. The van der Waals surface area contributed by atoms with E-state index in [1.54, 1.807) is 32.2 Å². The minimum absolute atomic E-state index is 0.0582. The van der Waals surface area contributed by atoms with Crippen LogP contribution in [0.1, 0.15) is 54.4 Å². The van der Waals surface area contributed by atoms with Crippen molar-refractivity contribution in [3.8, 4) is 0 Å². The molecule has 1 aliphatic rings. The first kappa shape index (κ1) is 22.9. The van der Waals surface area contributed by atoms with E-state index in [0.717, 1.165) is 37.7 Å². The van der Waals surface area contributed by atoms with Crippen LogP contribution in [0.2, 0.25) is 5.15 Å². The lowest BCUT2D eigenvalue weighted by molar-refractivity contribution is -0.132. The van der Waals surface area contributed by atoms with Gasteiger partial charge in [0.2, 0.25) is 5.91 Å². The molecule has 1 aliphatic heterocycles. The summed E-state index contributed by atoms with van der Waals surface area (Å²) in [6, 6.07) is 2.78. The van der Waals surface area contributed by atoms with Crippen LogP contribution in [0.5, 0.6) is 0 Å². The summed E-state index contributed by atoms with van der Waals surface area (Å²) in [5.41, 5.74) is 7.26. The molecule has 2 amide bonds. The number of amides is 2. The van der Waals surface area contributed by atoms with Gasteiger partial charge < -0.3 is 16.0 Å². The number of nitrogens with one attached hydrogen (secondary N) is 1. The van der Waals surface area contributed by atoms with E-state index < -0.39 is 6.04 Å². The maximum Gasteiger partial charge on any atom is 0.253 e. The fourth-order valence-corrected chi connectivity index (χ4v) is 4.26. The number of aryl methyl sites for hydroxylation is 1. The monoisotopic (exact) mass is 444 g/mol. The number of carbonyl (C=O) groups excluding carboxylic acids is 2. The van der Waals surface area contributed by atoms with Gasteiger partial charge in [0, 0.05) is 31.0 Å². The highest BCUT2D eigenvalue weighted by atomic mass is 35.5. The number of anilines is 1. The van der Waals surface area contributed by atoms with Crippen molar-refractivity contribution in [2.45, 2.75) is 52.0 Å². The number of nitrogens with two attached hydrogens (primary N) is 1. The Balaban J connectivity index is 1.51. The smallest absolute Gasteiger partial charge is 0.253 e. The zero-order valence-electron chi connectivity index (χ0n) is 18.0. The first-order chi connectivity index (χ1) is 14.8. The van der Waals surface area contributed by atoms with E-state index in [1.807, 2.05) is 4.90 Å². The van der Waals surface area contributed by atoms with E-state index in [0.29, 0.717) is 41.4 Å². The molecule has 31 heavy (non-hydrogen) atoms. The van der Waals surface area contributed by atoms with Crippen molar-refractivity contribution in [3.63, 3.8) is 0 Å². The molecule has 0 aromatic carbocycles. The lowest BCUT2D eigenvalue weighted by atomic mass is 9.93. The van der Waals surface area contributed by atoms with Crippen LogP contribution in [-0.2, 0) is 11.2 Å². The van der Waals surface area contributed by atoms with Crippen molar-refractivity contribution in [2.75, 3.05) is 18.8 Å². The van der Waals surface area contributed by atoms with Crippen molar-refractivity contribution in [2.24, 2.45) is 5.92 Å². The minimum Gasteiger partial charge on any atom is -0.383 e. The summed E-state index contributed by atoms with van der Waals surface area (Å²) in [6.45, 7) is 4.85. The van der Waals surface area contributed by atoms with Crippen LogP contribution in [0.3, 0.4) is 0 Å². The van der Waals surface area contributed by atoms with Crippen molar-refractivity contribution in [3.05, 3.63) is 46.6 Å². The molecule has 0 radical (unpaired) electrons. The molecule has 0 unspecified atom stereocenters. The first-order valence-corrected chi connectivity index (χ1v) is 11.0. The van der Waals surface area contributed by atoms with E-state index in [1.165, 1.54) is 6.20 Å². The third kappa shape index (κ3) is 6.13. The van der Waals surface area contributed by atoms with Crippen LogP contribution in [-0.4, -0.2) is 50.8 Å². The van der Waals surface area contributed by atoms with Crippen LogP contribution in [0.4, 0.5) is 5.82 Å². The summed E-state index contributed by atoms with van der Waals surface area (Å²) in [6.07, 6.45) is 7.60. The summed E-state index contributed by atoms with van der Waals surface area (Å²) in [5, 5.41) is 3.20. The molecule has 3 N–H and O–H groups in total. The molecule has 2 aromatic rings.